The number of hydrogen-bond acceptors (Lipinski definition) is 5. The SMILES string of the molecule is CC(C)NC(=O)[C@@H](Cc1ccccc1)N(Cc1c(Cl)cccc1Cl)C(=O)CN(c1ccc(Oc2ccccc2)cc1)S(=O)(=O)c1ccccc1. The van der Waals surface area contributed by atoms with Gasteiger partial charge in [0.05, 0.1) is 10.6 Å². The lowest BCUT2D eigenvalue weighted by atomic mass is 10.0. The van der Waals surface area contributed by atoms with E-state index in [1.54, 1.807) is 72.8 Å². The van der Waals surface area contributed by atoms with Crippen molar-refractivity contribution < 1.29 is 22.7 Å². The minimum atomic E-state index is -4.28. The van der Waals surface area contributed by atoms with Crippen LogP contribution in [0.5, 0.6) is 11.5 Å². The molecule has 2 amide bonds. The molecule has 0 aliphatic heterocycles. The molecule has 0 radical (unpaired) electrons. The van der Waals surface area contributed by atoms with Gasteiger partial charge in [0.2, 0.25) is 11.8 Å². The summed E-state index contributed by atoms with van der Waals surface area (Å²) >= 11 is 13.2. The molecule has 0 heterocycles. The number of carbonyl (C=O) groups excluding carboxylic acids is 2. The molecule has 0 aliphatic carbocycles. The second kappa shape index (κ2) is 16.7. The lowest BCUT2D eigenvalue weighted by molar-refractivity contribution is -0.140. The number of nitrogens with zero attached hydrogens (tertiary/aromatic N) is 2. The Bertz CT molecular complexity index is 1980. The van der Waals surface area contributed by atoms with Crippen molar-refractivity contribution in [2.45, 2.75) is 43.8 Å². The molecule has 5 aromatic rings. The quantitative estimate of drug-likeness (QED) is 0.125. The molecule has 0 spiro atoms. The van der Waals surface area contributed by atoms with E-state index in [-0.39, 0.29) is 29.6 Å². The number of ether oxygens (including phenoxy) is 1. The molecule has 0 fully saturated rings. The summed E-state index contributed by atoms with van der Waals surface area (Å²) in [5.41, 5.74) is 1.46. The van der Waals surface area contributed by atoms with E-state index in [1.165, 1.54) is 17.0 Å². The van der Waals surface area contributed by atoms with E-state index < -0.39 is 34.4 Å². The Morgan fingerprint density at radius 1 is 0.720 bits per heavy atom. The van der Waals surface area contributed by atoms with Crippen LogP contribution in [0.1, 0.15) is 25.0 Å². The van der Waals surface area contributed by atoms with Crippen LogP contribution in [0.25, 0.3) is 0 Å². The van der Waals surface area contributed by atoms with E-state index in [4.69, 9.17) is 27.9 Å². The molecule has 0 bridgehead atoms. The van der Waals surface area contributed by atoms with Crippen molar-refractivity contribution in [1.29, 1.82) is 0 Å². The first-order chi connectivity index (χ1) is 24.0. The number of para-hydroxylation sites is 1. The van der Waals surface area contributed by atoms with Gasteiger partial charge in [-0.2, -0.15) is 0 Å². The van der Waals surface area contributed by atoms with Crippen molar-refractivity contribution in [3.8, 4) is 11.5 Å². The maximum absolute atomic E-state index is 14.7. The van der Waals surface area contributed by atoms with Gasteiger partial charge in [-0.15, -0.1) is 0 Å². The van der Waals surface area contributed by atoms with E-state index in [0.29, 0.717) is 27.1 Å². The summed E-state index contributed by atoms with van der Waals surface area (Å²) in [5, 5.41) is 3.55. The minimum absolute atomic E-state index is 0.00324. The number of amides is 2. The lowest BCUT2D eigenvalue weighted by Crippen LogP contribution is -2.54. The number of hydrogen-bond donors (Lipinski definition) is 1. The molecule has 5 aromatic carbocycles. The summed E-state index contributed by atoms with van der Waals surface area (Å²) in [6.45, 7) is 2.88. The Morgan fingerprint density at radius 2 is 1.26 bits per heavy atom. The van der Waals surface area contributed by atoms with Crippen LogP contribution in [0.3, 0.4) is 0 Å². The molecular formula is C39H37Cl2N3O5S. The van der Waals surface area contributed by atoms with Crippen molar-refractivity contribution in [3.63, 3.8) is 0 Å². The Labute approximate surface area is 303 Å². The summed E-state index contributed by atoms with van der Waals surface area (Å²) in [6.07, 6.45) is 0.157. The smallest absolute Gasteiger partial charge is 0.264 e. The number of anilines is 1. The van der Waals surface area contributed by atoms with Crippen molar-refractivity contribution in [3.05, 3.63) is 155 Å². The minimum Gasteiger partial charge on any atom is -0.457 e. The van der Waals surface area contributed by atoms with Gasteiger partial charge in [-0.3, -0.25) is 13.9 Å². The van der Waals surface area contributed by atoms with Crippen LogP contribution in [0.4, 0.5) is 5.69 Å². The number of carbonyl (C=O) groups is 2. The monoisotopic (exact) mass is 729 g/mol. The highest BCUT2D eigenvalue weighted by molar-refractivity contribution is 7.92. The molecule has 0 saturated heterocycles. The fraction of sp³-hybridized carbons (Fsp3) is 0.179. The third-order valence-electron chi connectivity index (χ3n) is 7.81. The highest BCUT2D eigenvalue weighted by Gasteiger charge is 2.35. The molecule has 8 nitrogen and oxygen atoms in total. The van der Waals surface area contributed by atoms with Crippen molar-refractivity contribution in [2.24, 2.45) is 0 Å². The molecule has 1 N–H and O–H groups in total. The zero-order valence-corrected chi connectivity index (χ0v) is 29.9. The zero-order valence-electron chi connectivity index (χ0n) is 27.6. The first-order valence-electron chi connectivity index (χ1n) is 16.0. The topological polar surface area (TPSA) is 96.0 Å². The predicted octanol–water partition coefficient (Wildman–Crippen LogP) is 8.15. The molecule has 1 atom stereocenters. The van der Waals surface area contributed by atoms with Crippen LogP contribution in [0, 0.1) is 0 Å². The van der Waals surface area contributed by atoms with Gasteiger partial charge in [0, 0.05) is 34.6 Å². The first-order valence-corrected chi connectivity index (χ1v) is 18.2. The second-order valence-corrected chi connectivity index (χ2v) is 14.5. The van der Waals surface area contributed by atoms with E-state index in [2.05, 4.69) is 5.32 Å². The fourth-order valence-corrected chi connectivity index (χ4v) is 7.29. The van der Waals surface area contributed by atoms with Gasteiger partial charge in [0.15, 0.2) is 0 Å². The van der Waals surface area contributed by atoms with Crippen LogP contribution < -0.4 is 14.4 Å². The fourth-order valence-electron chi connectivity index (χ4n) is 5.34. The van der Waals surface area contributed by atoms with Crippen LogP contribution in [-0.4, -0.2) is 43.8 Å². The van der Waals surface area contributed by atoms with Crippen molar-refractivity contribution >= 4 is 50.7 Å². The summed E-state index contributed by atoms with van der Waals surface area (Å²) in [6, 6.07) is 36.5. The van der Waals surface area contributed by atoms with E-state index in [0.717, 1.165) is 9.87 Å². The summed E-state index contributed by atoms with van der Waals surface area (Å²) < 4.78 is 35.5. The number of sulfonamides is 1. The lowest BCUT2D eigenvalue weighted by Gasteiger charge is -2.34. The molecule has 0 saturated carbocycles. The maximum atomic E-state index is 14.7. The molecule has 5 rings (SSSR count). The van der Waals surface area contributed by atoms with Crippen LogP contribution >= 0.6 is 23.2 Å². The van der Waals surface area contributed by atoms with Gasteiger partial charge in [-0.05, 0) is 80.1 Å². The Hall–Kier alpha value is -4.83. The summed E-state index contributed by atoms with van der Waals surface area (Å²) in [7, 11) is -4.28. The highest BCUT2D eigenvalue weighted by Crippen LogP contribution is 2.30. The Balaban J connectivity index is 1.57. The Morgan fingerprint density at radius 3 is 1.84 bits per heavy atom. The van der Waals surface area contributed by atoms with Crippen molar-refractivity contribution in [1.82, 2.24) is 10.2 Å². The summed E-state index contributed by atoms with van der Waals surface area (Å²) in [5.74, 6) is 0.0546. The molecule has 0 aromatic heterocycles. The molecular weight excluding hydrogens is 693 g/mol. The van der Waals surface area contributed by atoms with Crippen molar-refractivity contribution in [2.75, 3.05) is 10.8 Å². The van der Waals surface area contributed by atoms with E-state index >= 15 is 0 Å². The molecule has 258 valence electrons. The van der Waals surface area contributed by atoms with Gasteiger partial charge in [-0.1, -0.05) is 96.0 Å². The van der Waals surface area contributed by atoms with Crippen LogP contribution in [-0.2, 0) is 32.6 Å². The summed E-state index contributed by atoms with van der Waals surface area (Å²) in [4.78, 5) is 30.0. The number of rotatable bonds is 14. The molecule has 0 unspecified atom stereocenters. The zero-order chi connectivity index (χ0) is 35.7. The number of halogens is 2. The van der Waals surface area contributed by atoms with Gasteiger partial charge < -0.3 is 15.0 Å². The third-order valence-corrected chi connectivity index (χ3v) is 10.3. The molecule has 0 aliphatic rings. The average molecular weight is 731 g/mol. The molecule has 50 heavy (non-hydrogen) atoms. The second-order valence-electron chi connectivity index (χ2n) is 11.8. The van der Waals surface area contributed by atoms with E-state index in [9.17, 15) is 18.0 Å². The molecule has 11 heteroatoms. The predicted molar refractivity (Wildman–Crippen MR) is 198 cm³/mol. The first kappa shape index (κ1) is 36.5. The number of benzene rings is 5. The van der Waals surface area contributed by atoms with E-state index in [1.807, 2.05) is 62.4 Å². The Kier molecular flexibility index (Phi) is 12.2. The van der Waals surface area contributed by atoms with Crippen LogP contribution in [0.15, 0.2) is 138 Å². The van der Waals surface area contributed by atoms with Gasteiger partial charge >= 0.3 is 0 Å². The third kappa shape index (κ3) is 9.24. The van der Waals surface area contributed by atoms with Gasteiger partial charge in [0.25, 0.3) is 10.0 Å². The largest absolute Gasteiger partial charge is 0.457 e. The maximum Gasteiger partial charge on any atom is 0.264 e. The highest BCUT2D eigenvalue weighted by atomic mass is 35.5. The normalized spacial score (nSPS) is 11.9. The van der Waals surface area contributed by atoms with Gasteiger partial charge in [0.1, 0.15) is 24.1 Å². The van der Waals surface area contributed by atoms with Gasteiger partial charge in [-0.25, -0.2) is 8.42 Å². The number of nitrogens with one attached hydrogen (secondary N) is 1. The average Bonchev–Trinajstić information content (AvgIpc) is 3.11. The standard InChI is InChI=1S/C39H37Cl2N3O5S/c1-28(2)42-39(46)37(25-29-13-6-3-7-14-29)43(26-34-35(40)19-12-20-36(34)41)38(45)27-44(50(47,48)33-17-10-5-11-18-33)30-21-23-32(24-22-30)49-31-15-8-4-9-16-31/h3-24,28,37H,25-27H2,1-2H3,(H,42,46)/t37-/m1/s1. The van der Waals surface area contributed by atoms with Crippen LogP contribution in [0.2, 0.25) is 10.0 Å².